The van der Waals surface area contributed by atoms with Gasteiger partial charge >= 0.3 is 0 Å². The Labute approximate surface area is 127 Å². The molecule has 3 nitrogen and oxygen atoms in total. The third-order valence-corrected chi connectivity index (χ3v) is 3.45. The zero-order valence-corrected chi connectivity index (χ0v) is 12.4. The van der Waals surface area contributed by atoms with Gasteiger partial charge in [0.2, 0.25) is 0 Å². The van der Waals surface area contributed by atoms with Crippen LogP contribution in [0, 0.1) is 11.3 Å². The fourth-order valence-corrected chi connectivity index (χ4v) is 2.12. The molecule has 0 saturated carbocycles. The smallest absolute Gasteiger partial charge is 0.114 e. The maximum atomic E-state index is 8.99. The summed E-state index contributed by atoms with van der Waals surface area (Å²) in [5.41, 5.74) is 8.72. The van der Waals surface area contributed by atoms with Gasteiger partial charge in [-0.2, -0.15) is 5.26 Å². The van der Waals surface area contributed by atoms with E-state index in [4.69, 9.17) is 34.8 Å². The zero-order chi connectivity index (χ0) is 14.7. The van der Waals surface area contributed by atoms with Crippen molar-refractivity contribution in [2.75, 3.05) is 0 Å². The summed E-state index contributed by atoms with van der Waals surface area (Å²) >= 11 is 10.7. The van der Waals surface area contributed by atoms with E-state index >= 15 is 0 Å². The first kappa shape index (κ1) is 14.3. The molecule has 0 fully saturated rings. The van der Waals surface area contributed by atoms with Crippen LogP contribution in [0.5, 0.6) is 0 Å². The van der Waals surface area contributed by atoms with E-state index in [0.29, 0.717) is 10.6 Å². The number of nitrogens with two attached hydrogens (primary N) is 1. The van der Waals surface area contributed by atoms with Crippen LogP contribution < -0.4 is 5.73 Å². The molecule has 1 aromatic carbocycles. The number of hydrogen-bond acceptors (Lipinski definition) is 2. The maximum Gasteiger partial charge on any atom is 0.114 e. The molecule has 2 rings (SSSR count). The predicted molar refractivity (Wildman–Crippen MR) is 86.2 cm³/mol. The molecule has 0 saturated heterocycles. The molecule has 0 radical (unpaired) electrons. The summed E-state index contributed by atoms with van der Waals surface area (Å²) in [6.07, 6.45) is 1.68. The molecule has 0 aliphatic carbocycles. The van der Waals surface area contributed by atoms with E-state index in [1.54, 1.807) is 6.08 Å². The summed E-state index contributed by atoms with van der Waals surface area (Å²) in [7, 11) is 1.92. The number of aromatic nitrogens is 1. The Bertz CT molecular complexity index is 721. The topological polar surface area (TPSA) is 54.7 Å². The molecular weight excluding hydrogens is 290 g/mol. The summed E-state index contributed by atoms with van der Waals surface area (Å²) in [6.45, 7) is 0. The van der Waals surface area contributed by atoms with Gasteiger partial charge in [-0.05, 0) is 35.9 Å². The third-order valence-electron chi connectivity index (χ3n) is 2.98. The van der Waals surface area contributed by atoms with Crippen LogP contribution in [0.4, 0.5) is 0 Å². The van der Waals surface area contributed by atoms with Gasteiger partial charge in [-0.15, -0.1) is 0 Å². The van der Waals surface area contributed by atoms with E-state index in [1.165, 1.54) is 0 Å². The van der Waals surface area contributed by atoms with Crippen LogP contribution in [-0.4, -0.2) is 9.56 Å². The van der Waals surface area contributed by atoms with Crippen LogP contribution in [0.1, 0.15) is 5.69 Å². The monoisotopic (exact) mass is 301 g/mol. The van der Waals surface area contributed by atoms with Crippen molar-refractivity contribution >= 4 is 34.9 Å². The van der Waals surface area contributed by atoms with Gasteiger partial charge in [0, 0.05) is 23.5 Å². The average molecular weight is 302 g/mol. The van der Waals surface area contributed by atoms with Crippen LogP contribution in [0.25, 0.3) is 17.3 Å². The van der Waals surface area contributed by atoms with Crippen molar-refractivity contribution in [2.45, 2.75) is 0 Å². The van der Waals surface area contributed by atoms with Gasteiger partial charge in [0.05, 0.1) is 5.57 Å². The van der Waals surface area contributed by atoms with Crippen molar-refractivity contribution in [1.29, 1.82) is 5.26 Å². The van der Waals surface area contributed by atoms with Crippen molar-refractivity contribution < 1.29 is 0 Å². The van der Waals surface area contributed by atoms with Gasteiger partial charge in [0.15, 0.2) is 0 Å². The number of benzene rings is 1. The second kappa shape index (κ2) is 5.91. The van der Waals surface area contributed by atoms with Gasteiger partial charge in [0.25, 0.3) is 0 Å². The molecule has 1 heterocycles. The Morgan fingerprint density at radius 3 is 2.50 bits per heavy atom. The van der Waals surface area contributed by atoms with Crippen molar-refractivity contribution in [2.24, 2.45) is 12.8 Å². The SMILES string of the molecule is Cn1c(C=C(C#N)C(N)=S)ccc1-c1ccc(Cl)cc1. The first-order valence-electron chi connectivity index (χ1n) is 5.86. The Morgan fingerprint density at radius 1 is 1.30 bits per heavy atom. The van der Waals surface area contributed by atoms with Crippen LogP contribution in [0.2, 0.25) is 5.02 Å². The minimum absolute atomic E-state index is 0.0988. The first-order valence-corrected chi connectivity index (χ1v) is 6.65. The minimum Gasteiger partial charge on any atom is -0.389 e. The van der Waals surface area contributed by atoms with Crippen molar-refractivity contribution in [3.8, 4) is 17.3 Å². The fraction of sp³-hybridized carbons (Fsp3) is 0.0667. The molecule has 0 unspecified atom stereocenters. The molecule has 0 aliphatic rings. The van der Waals surface area contributed by atoms with Crippen molar-refractivity contribution in [1.82, 2.24) is 4.57 Å². The highest BCUT2D eigenvalue weighted by molar-refractivity contribution is 7.80. The van der Waals surface area contributed by atoms with E-state index in [9.17, 15) is 0 Å². The molecule has 5 heteroatoms. The number of hydrogen-bond donors (Lipinski definition) is 1. The van der Waals surface area contributed by atoms with Gasteiger partial charge in [-0.3, -0.25) is 0 Å². The second-order valence-corrected chi connectivity index (χ2v) is 5.12. The Hall–Kier alpha value is -2.09. The van der Waals surface area contributed by atoms with Gasteiger partial charge in [0.1, 0.15) is 11.1 Å². The van der Waals surface area contributed by atoms with Gasteiger partial charge in [-0.1, -0.05) is 36.0 Å². The highest BCUT2D eigenvalue weighted by Crippen LogP contribution is 2.24. The van der Waals surface area contributed by atoms with E-state index < -0.39 is 0 Å². The summed E-state index contributed by atoms with van der Waals surface area (Å²) in [5, 5.41) is 9.69. The van der Waals surface area contributed by atoms with Gasteiger partial charge in [-0.25, -0.2) is 0 Å². The molecule has 2 N–H and O–H groups in total. The van der Waals surface area contributed by atoms with Crippen LogP contribution in [0.15, 0.2) is 42.0 Å². The number of thiocarbonyl (C=S) groups is 1. The predicted octanol–water partition coefficient (Wildman–Crippen LogP) is 3.54. The first-order chi connectivity index (χ1) is 9.52. The summed E-state index contributed by atoms with van der Waals surface area (Å²) in [4.78, 5) is 0.0988. The van der Waals surface area contributed by atoms with Crippen LogP contribution in [-0.2, 0) is 7.05 Å². The molecular formula is C15H12ClN3S. The number of nitrogens with zero attached hydrogens (tertiary/aromatic N) is 2. The molecule has 0 aliphatic heterocycles. The summed E-state index contributed by atoms with van der Waals surface area (Å²) < 4.78 is 1.97. The second-order valence-electron chi connectivity index (χ2n) is 4.24. The van der Waals surface area contributed by atoms with E-state index in [0.717, 1.165) is 17.0 Å². The normalized spacial score (nSPS) is 11.2. The van der Waals surface area contributed by atoms with E-state index in [1.807, 2.05) is 54.1 Å². The average Bonchev–Trinajstić information content (AvgIpc) is 2.78. The Balaban J connectivity index is 2.44. The molecule has 0 amide bonds. The molecule has 0 atom stereocenters. The zero-order valence-electron chi connectivity index (χ0n) is 10.8. The number of nitriles is 1. The lowest BCUT2D eigenvalue weighted by molar-refractivity contribution is 0.924. The molecule has 0 spiro atoms. The third kappa shape index (κ3) is 2.90. The lowest BCUT2D eigenvalue weighted by Gasteiger charge is -2.06. The van der Waals surface area contributed by atoms with Gasteiger partial charge < -0.3 is 10.3 Å². The lowest BCUT2D eigenvalue weighted by atomic mass is 10.1. The molecule has 2 aromatic rings. The molecule has 0 bridgehead atoms. The Kier molecular flexibility index (Phi) is 4.23. The Morgan fingerprint density at radius 2 is 1.95 bits per heavy atom. The summed E-state index contributed by atoms with van der Waals surface area (Å²) in [6, 6.07) is 13.5. The maximum absolute atomic E-state index is 8.99. The van der Waals surface area contributed by atoms with E-state index in [-0.39, 0.29) is 4.99 Å². The standard InChI is InChI=1S/C15H12ClN3S/c1-19-13(8-11(9-17)15(18)20)6-7-14(19)10-2-4-12(16)5-3-10/h2-8H,1H3,(H2,18,20). The number of rotatable bonds is 3. The quantitative estimate of drug-likeness (QED) is 0.536. The molecule has 100 valence electrons. The van der Waals surface area contributed by atoms with Crippen molar-refractivity contribution in [3.63, 3.8) is 0 Å². The highest BCUT2D eigenvalue weighted by Gasteiger charge is 2.07. The van der Waals surface area contributed by atoms with Crippen molar-refractivity contribution in [3.05, 3.63) is 52.7 Å². The lowest BCUT2D eigenvalue weighted by Crippen LogP contribution is -2.10. The summed E-state index contributed by atoms with van der Waals surface area (Å²) in [5.74, 6) is 0. The molecule has 1 aromatic heterocycles. The molecule has 20 heavy (non-hydrogen) atoms. The van der Waals surface area contributed by atoms with Crippen LogP contribution >= 0.6 is 23.8 Å². The number of halogens is 1. The largest absolute Gasteiger partial charge is 0.389 e. The van der Waals surface area contributed by atoms with Crippen LogP contribution in [0.3, 0.4) is 0 Å². The van der Waals surface area contributed by atoms with E-state index in [2.05, 4.69) is 0 Å². The fourth-order valence-electron chi connectivity index (χ4n) is 1.89. The minimum atomic E-state index is 0.0988. The highest BCUT2D eigenvalue weighted by atomic mass is 35.5.